The van der Waals surface area contributed by atoms with E-state index in [0.29, 0.717) is 12.0 Å². The maximum atomic E-state index is 14.1. The van der Waals surface area contributed by atoms with Crippen molar-refractivity contribution in [1.29, 1.82) is 0 Å². The lowest BCUT2D eigenvalue weighted by atomic mass is 9.96. The minimum atomic E-state index is -1.04. The zero-order valence-corrected chi connectivity index (χ0v) is 23.1. The number of nitrogens with zero attached hydrogens (tertiary/aromatic N) is 2. The zero-order valence-electron chi connectivity index (χ0n) is 23.1. The highest BCUT2D eigenvalue weighted by Crippen LogP contribution is 2.25. The SMILES string of the molecule is CCOC1OC(=O)CC1NC(=O)[C@@H]1CN(C(C)=O)C[C@@H]2C/C=C\C[C@H](NC(=O)c3cccc4ccccc34)C(=O)N21. The van der Waals surface area contributed by atoms with Gasteiger partial charge in [-0.1, -0.05) is 48.6 Å². The van der Waals surface area contributed by atoms with Gasteiger partial charge in [0.2, 0.25) is 24.0 Å². The molecular weight excluding hydrogens is 528 g/mol. The van der Waals surface area contributed by atoms with Gasteiger partial charge >= 0.3 is 5.97 Å². The van der Waals surface area contributed by atoms with Crippen LogP contribution in [0.2, 0.25) is 0 Å². The van der Waals surface area contributed by atoms with Crippen LogP contribution < -0.4 is 10.6 Å². The lowest BCUT2D eigenvalue weighted by Crippen LogP contribution is -2.68. The van der Waals surface area contributed by atoms with Crippen molar-refractivity contribution in [2.24, 2.45) is 0 Å². The number of ether oxygens (including phenoxy) is 2. The molecule has 0 saturated carbocycles. The standard InChI is InChI=1S/C30H34N4O7/c1-3-40-30-24(15-26(36)41-30)32-28(38)25-17-33(18(2)35)16-20-11-5-7-14-23(29(39)34(20)25)31-27(37)22-13-8-10-19-9-4-6-12-21(19)22/h4-10,12-13,20,23-25,30H,3,11,14-17H2,1-2H3,(H,31,37)(H,32,38)/b7-5-/t20-,23-,24?,25-,30?/m0/s1. The van der Waals surface area contributed by atoms with E-state index < -0.39 is 54.1 Å². The topological polar surface area (TPSA) is 134 Å². The Balaban J connectivity index is 1.41. The monoisotopic (exact) mass is 562 g/mol. The van der Waals surface area contributed by atoms with Crippen LogP contribution in [0.4, 0.5) is 0 Å². The van der Waals surface area contributed by atoms with Gasteiger partial charge in [-0.25, -0.2) is 0 Å². The number of hydrogen-bond donors (Lipinski definition) is 2. The first-order valence-electron chi connectivity index (χ1n) is 13.9. The molecule has 3 aliphatic heterocycles. The number of esters is 1. The summed E-state index contributed by atoms with van der Waals surface area (Å²) in [5, 5.41) is 7.38. The van der Waals surface area contributed by atoms with Crippen molar-refractivity contribution in [3.63, 3.8) is 0 Å². The molecule has 41 heavy (non-hydrogen) atoms. The number of cyclic esters (lactones) is 1. The summed E-state index contributed by atoms with van der Waals surface area (Å²) < 4.78 is 10.7. The van der Waals surface area contributed by atoms with E-state index in [1.807, 2.05) is 42.5 Å². The van der Waals surface area contributed by atoms with Crippen LogP contribution in [0.25, 0.3) is 10.8 Å². The number of amides is 4. The number of carbonyl (C=O) groups excluding carboxylic acids is 5. The van der Waals surface area contributed by atoms with Gasteiger partial charge in [-0.3, -0.25) is 24.0 Å². The summed E-state index contributed by atoms with van der Waals surface area (Å²) in [6.45, 7) is 3.69. The first-order chi connectivity index (χ1) is 19.8. The quantitative estimate of drug-likeness (QED) is 0.403. The van der Waals surface area contributed by atoms with Crippen LogP contribution in [-0.4, -0.2) is 89.6 Å². The van der Waals surface area contributed by atoms with Crippen molar-refractivity contribution in [2.75, 3.05) is 19.7 Å². The molecular formula is C30H34N4O7. The molecule has 2 N–H and O–H groups in total. The van der Waals surface area contributed by atoms with Crippen LogP contribution in [0.15, 0.2) is 54.6 Å². The fourth-order valence-electron chi connectivity index (χ4n) is 5.75. The molecule has 3 heterocycles. The molecule has 2 unspecified atom stereocenters. The van der Waals surface area contributed by atoms with Gasteiger partial charge in [-0.2, -0.15) is 0 Å². The third kappa shape index (κ3) is 5.95. The molecule has 5 atom stereocenters. The number of carbonyl (C=O) groups is 5. The largest absolute Gasteiger partial charge is 0.433 e. The summed E-state index contributed by atoms with van der Waals surface area (Å²) in [5.41, 5.74) is 0.446. The fourth-order valence-corrected chi connectivity index (χ4v) is 5.75. The Hall–Kier alpha value is -4.25. The molecule has 0 aromatic heterocycles. The smallest absolute Gasteiger partial charge is 0.310 e. The molecule has 0 spiro atoms. The predicted molar refractivity (Wildman–Crippen MR) is 148 cm³/mol. The van der Waals surface area contributed by atoms with E-state index in [2.05, 4.69) is 10.6 Å². The highest BCUT2D eigenvalue weighted by molar-refractivity contribution is 6.08. The van der Waals surface area contributed by atoms with Crippen molar-refractivity contribution in [2.45, 2.75) is 63.6 Å². The van der Waals surface area contributed by atoms with Crippen molar-refractivity contribution in [3.8, 4) is 0 Å². The molecule has 4 amide bonds. The van der Waals surface area contributed by atoms with E-state index in [9.17, 15) is 24.0 Å². The van der Waals surface area contributed by atoms with E-state index in [-0.39, 0.29) is 38.4 Å². The number of nitrogens with one attached hydrogen (secondary N) is 2. The minimum Gasteiger partial charge on any atom is -0.433 e. The summed E-state index contributed by atoms with van der Waals surface area (Å²) >= 11 is 0. The van der Waals surface area contributed by atoms with Gasteiger partial charge in [0.15, 0.2) is 0 Å². The van der Waals surface area contributed by atoms with Gasteiger partial charge in [-0.15, -0.1) is 0 Å². The summed E-state index contributed by atoms with van der Waals surface area (Å²) in [6.07, 6.45) is 3.45. The Morgan fingerprint density at radius 1 is 1.00 bits per heavy atom. The average molecular weight is 563 g/mol. The third-order valence-corrected chi connectivity index (χ3v) is 7.76. The van der Waals surface area contributed by atoms with Crippen molar-refractivity contribution >= 4 is 40.4 Å². The molecule has 2 aromatic carbocycles. The Morgan fingerprint density at radius 3 is 2.54 bits per heavy atom. The van der Waals surface area contributed by atoms with E-state index in [4.69, 9.17) is 9.47 Å². The molecule has 0 bridgehead atoms. The number of rotatable bonds is 6. The number of hydrogen-bond acceptors (Lipinski definition) is 7. The second kappa shape index (κ2) is 12.1. The third-order valence-electron chi connectivity index (χ3n) is 7.76. The highest BCUT2D eigenvalue weighted by Gasteiger charge is 2.46. The molecule has 0 aliphatic carbocycles. The van der Waals surface area contributed by atoms with Crippen LogP contribution in [0.1, 0.15) is 43.5 Å². The molecule has 11 nitrogen and oxygen atoms in total. The first-order valence-corrected chi connectivity index (χ1v) is 13.9. The highest BCUT2D eigenvalue weighted by atomic mass is 16.7. The Kier molecular flexibility index (Phi) is 8.34. The summed E-state index contributed by atoms with van der Waals surface area (Å²) in [7, 11) is 0. The molecule has 2 fully saturated rings. The van der Waals surface area contributed by atoms with Gasteiger partial charge in [0.25, 0.3) is 5.91 Å². The zero-order chi connectivity index (χ0) is 29.1. The van der Waals surface area contributed by atoms with Gasteiger partial charge in [-0.05, 0) is 36.6 Å². The molecule has 5 rings (SSSR count). The van der Waals surface area contributed by atoms with Gasteiger partial charge in [0.05, 0.1) is 19.0 Å². The molecule has 2 aromatic rings. The van der Waals surface area contributed by atoms with Crippen molar-refractivity contribution in [3.05, 3.63) is 60.2 Å². The first kappa shape index (κ1) is 28.3. The van der Waals surface area contributed by atoms with E-state index >= 15 is 0 Å². The van der Waals surface area contributed by atoms with Crippen LogP contribution >= 0.6 is 0 Å². The van der Waals surface area contributed by atoms with Crippen LogP contribution in [-0.2, 0) is 28.7 Å². The summed E-state index contributed by atoms with van der Waals surface area (Å²) in [6, 6.07) is 9.77. The fraction of sp³-hybridized carbons (Fsp3) is 0.433. The maximum absolute atomic E-state index is 14.1. The second-order valence-corrected chi connectivity index (χ2v) is 10.5. The molecule has 2 saturated heterocycles. The van der Waals surface area contributed by atoms with E-state index in [0.717, 1.165) is 10.8 Å². The number of fused-ring (bicyclic) bond motifs is 2. The van der Waals surface area contributed by atoms with Gasteiger partial charge in [0.1, 0.15) is 18.1 Å². The van der Waals surface area contributed by atoms with Crippen molar-refractivity contribution < 1.29 is 33.4 Å². The van der Waals surface area contributed by atoms with E-state index in [1.165, 1.54) is 11.8 Å². The Labute approximate surface area is 237 Å². The number of benzene rings is 2. The number of piperazine rings is 1. The van der Waals surface area contributed by atoms with Crippen molar-refractivity contribution in [1.82, 2.24) is 20.4 Å². The average Bonchev–Trinajstić information content (AvgIpc) is 3.30. The molecule has 3 aliphatic rings. The normalized spacial score (nSPS) is 26.9. The van der Waals surface area contributed by atoms with E-state index in [1.54, 1.807) is 24.0 Å². The molecule has 0 radical (unpaired) electrons. The Bertz CT molecular complexity index is 1390. The van der Waals surface area contributed by atoms with Gasteiger partial charge in [0, 0.05) is 25.6 Å². The van der Waals surface area contributed by atoms with Crippen LogP contribution in [0.3, 0.4) is 0 Å². The lowest BCUT2D eigenvalue weighted by molar-refractivity contribution is -0.165. The van der Waals surface area contributed by atoms with Crippen LogP contribution in [0.5, 0.6) is 0 Å². The summed E-state index contributed by atoms with van der Waals surface area (Å²) in [5.74, 6) is -2.03. The predicted octanol–water partition coefficient (Wildman–Crippen LogP) is 1.51. The van der Waals surface area contributed by atoms with Gasteiger partial charge < -0.3 is 29.9 Å². The second-order valence-electron chi connectivity index (χ2n) is 10.5. The minimum absolute atomic E-state index is 0.0159. The maximum Gasteiger partial charge on any atom is 0.310 e. The Morgan fingerprint density at radius 2 is 1.76 bits per heavy atom. The lowest BCUT2D eigenvalue weighted by Gasteiger charge is -2.47. The molecule has 216 valence electrons. The summed E-state index contributed by atoms with van der Waals surface area (Å²) in [4.78, 5) is 68.6. The van der Waals surface area contributed by atoms with Crippen LogP contribution in [0, 0.1) is 0 Å². The molecule has 11 heteroatoms.